The van der Waals surface area contributed by atoms with Crippen LogP contribution in [0.15, 0.2) is 18.2 Å². The molecule has 130 valence electrons. The second-order valence-corrected chi connectivity index (χ2v) is 6.51. The van der Waals surface area contributed by atoms with Crippen LogP contribution < -0.4 is 5.32 Å². The van der Waals surface area contributed by atoms with Gasteiger partial charge in [0, 0.05) is 32.2 Å². The van der Waals surface area contributed by atoms with E-state index in [0.717, 1.165) is 44.3 Å². The summed E-state index contributed by atoms with van der Waals surface area (Å²) in [6, 6.07) is 5.43. The predicted molar refractivity (Wildman–Crippen MR) is 91.1 cm³/mol. The van der Waals surface area contributed by atoms with Gasteiger partial charge in [-0.15, -0.1) is 0 Å². The smallest absolute Gasteiger partial charge is 0.317 e. The highest BCUT2D eigenvalue weighted by Gasteiger charge is 2.31. The van der Waals surface area contributed by atoms with Crippen molar-refractivity contribution >= 4 is 11.9 Å². The fourth-order valence-electron chi connectivity index (χ4n) is 3.52. The van der Waals surface area contributed by atoms with E-state index in [-0.39, 0.29) is 23.7 Å². The standard InChI is InChI=1S/C18H25N3O3/c1-2-13-4-5-16(22)15(12-13)17(23)20-10-6-14(7-11-20)21-9-3-8-19-18(21)24/h4-5,12,14,22H,2-3,6-11H2,1H3,(H,19,24). The van der Waals surface area contributed by atoms with E-state index in [0.29, 0.717) is 18.7 Å². The molecular formula is C18H25N3O3. The number of hydrogen-bond acceptors (Lipinski definition) is 3. The van der Waals surface area contributed by atoms with Crippen LogP contribution >= 0.6 is 0 Å². The van der Waals surface area contributed by atoms with E-state index in [1.807, 2.05) is 17.9 Å². The fraction of sp³-hybridized carbons (Fsp3) is 0.556. The van der Waals surface area contributed by atoms with Gasteiger partial charge in [0.1, 0.15) is 5.75 Å². The maximum atomic E-state index is 12.7. The number of nitrogens with one attached hydrogen (secondary N) is 1. The number of nitrogens with zero attached hydrogens (tertiary/aromatic N) is 2. The Kier molecular flexibility index (Phi) is 4.92. The highest BCUT2D eigenvalue weighted by atomic mass is 16.3. The molecule has 0 aliphatic carbocycles. The number of phenols is 1. The number of phenolic OH excluding ortho intramolecular Hbond substituents is 1. The van der Waals surface area contributed by atoms with Crippen LogP contribution in [0.1, 0.15) is 42.1 Å². The average Bonchev–Trinajstić information content (AvgIpc) is 2.62. The molecule has 3 rings (SSSR count). The molecule has 1 aromatic carbocycles. The first-order valence-electron chi connectivity index (χ1n) is 8.75. The third-order valence-electron chi connectivity index (χ3n) is 5.00. The Morgan fingerprint density at radius 1 is 1.29 bits per heavy atom. The molecule has 0 bridgehead atoms. The minimum atomic E-state index is -0.121. The van der Waals surface area contributed by atoms with Gasteiger partial charge in [0.05, 0.1) is 5.56 Å². The zero-order chi connectivity index (χ0) is 17.1. The van der Waals surface area contributed by atoms with Gasteiger partial charge in [0.25, 0.3) is 5.91 Å². The first kappa shape index (κ1) is 16.6. The minimum absolute atomic E-state index is 0.0133. The van der Waals surface area contributed by atoms with Crippen molar-refractivity contribution in [2.45, 2.75) is 38.6 Å². The Morgan fingerprint density at radius 2 is 2.04 bits per heavy atom. The molecule has 0 saturated carbocycles. The number of benzene rings is 1. The number of likely N-dealkylation sites (tertiary alicyclic amines) is 1. The van der Waals surface area contributed by atoms with Gasteiger partial charge in [-0.2, -0.15) is 0 Å². The number of hydrogen-bond donors (Lipinski definition) is 2. The fourth-order valence-corrected chi connectivity index (χ4v) is 3.52. The van der Waals surface area contributed by atoms with Gasteiger partial charge in [0.15, 0.2) is 0 Å². The summed E-state index contributed by atoms with van der Waals surface area (Å²) in [4.78, 5) is 28.3. The maximum absolute atomic E-state index is 12.7. The number of carbonyl (C=O) groups excluding carboxylic acids is 2. The van der Waals surface area contributed by atoms with Gasteiger partial charge >= 0.3 is 6.03 Å². The van der Waals surface area contributed by atoms with Crippen LogP contribution in [0.25, 0.3) is 0 Å². The summed E-state index contributed by atoms with van der Waals surface area (Å²) in [5.74, 6) is -0.0842. The average molecular weight is 331 g/mol. The highest BCUT2D eigenvalue weighted by Crippen LogP contribution is 2.24. The van der Waals surface area contributed by atoms with Gasteiger partial charge in [-0.1, -0.05) is 13.0 Å². The highest BCUT2D eigenvalue weighted by molar-refractivity contribution is 5.97. The zero-order valence-corrected chi connectivity index (χ0v) is 14.1. The predicted octanol–water partition coefficient (Wildman–Crippen LogP) is 1.97. The van der Waals surface area contributed by atoms with E-state index in [1.165, 1.54) is 0 Å². The summed E-state index contributed by atoms with van der Waals surface area (Å²) in [6.45, 7) is 4.80. The second kappa shape index (κ2) is 7.11. The normalized spacial score (nSPS) is 19.3. The largest absolute Gasteiger partial charge is 0.507 e. The Morgan fingerprint density at radius 3 is 2.71 bits per heavy atom. The van der Waals surface area contributed by atoms with E-state index >= 15 is 0 Å². The molecular weight excluding hydrogens is 306 g/mol. The molecule has 0 unspecified atom stereocenters. The molecule has 2 aliphatic rings. The van der Waals surface area contributed by atoms with E-state index in [1.54, 1.807) is 17.0 Å². The van der Waals surface area contributed by atoms with Crippen molar-refractivity contribution in [2.75, 3.05) is 26.2 Å². The molecule has 24 heavy (non-hydrogen) atoms. The monoisotopic (exact) mass is 331 g/mol. The zero-order valence-electron chi connectivity index (χ0n) is 14.1. The molecule has 2 heterocycles. The van der Waals surface area contributed by atoms with Crippen molar-refractivity contribution in [2.24, 2.45) is 0 Å². The van der Waals surface area contributed by atoms with Crippen molar-refractivity contribution < 1.29 is 14.7 Å². The van der Waals surface area contributed by atoms with E-state index in [9.17, 15) is 14.7 Å². The molecule has 0 aromatic heterocycles. The van der Waals surface area contributed by atoms with Gasteiger partial charge in [-0.05, 0) is 43.4 Å². The van der Waals surface area contributed by atoms with E-state index in [4.69, 9.17) is 0 Å². The topological polar surface area (TPSA) is 72.9 Å². The summed E-state index contributed by atoms with van der Waals surface area (Å²) >= 11 is 0. The van der Waals surface area contributed by atoms with Crippen molar-refractivity contribution in [3.8, 4) is 5.75 Å². The van der Waals surface area contributed by atoms with Gasteiger partial charge in [0.2, 0.25) is 0 Å². The SMILES string of the molecule is CCc1ccc(O)c(C(=O)N2CCC(N3CCCNC3=O)CC2)c1. The number of urea groups is 1. The molecule has 1 aromatic rings. The molecule has 3 amide bonds. The Balaban J connectivity index is 1.64. The molecule has 6 heteroatoms. The lowest BCUT2D eigenvalue weighted by Crippen LogP contribution is -2.54. The lowest BCUT2D eigenvalue weighted by Gasteiger charge is -2.40. The molecule has 6 nitrogen and oxygen atoms in total. The van der Waals surface area contributed by atoms with Crippen LogP contribution in [0.4, 0.5) is 4.79 Å². The number of rotatable bonds is 3. The second-order valence-electron chi connectivity index (χ2n) is 6.51. The van der Waals surface area contributed by atoms with Crippen molar-refractivity contribution in [3.63, 3.8) is 0 Å². The quantitative estimate of drug-likeness (QED) is 0.889. The molecule has 0 atom stereocenters. The number of aromatic hydroxyl groups is 1. The Bertz CT molecular complexity index is 624. The van der Waals surface area contributed by atoms with Crippen molar-refractivity contribution in [3.05, 3.63) is 29.3 Å². The molecule has 0 radical (unpaired) electrons. The van der Waals surface area contributed by atoms with Gasteiger partial charge in [-0.25, -0.2) is 4.79 Å². The summed E-state index contributed by atoms with van der Waals surface area (Å²) in [5, 5.41) is 12.9. The van der Waals surface area contributed by atoms with Crippen LogP contribution in [0.2, 0.25) is 0 Å². The first-order valence-corrected chi connectivity index (χ1v) is 8.75. The van der Waals surface area contributed by atoms with Crippen molar-refractivity contribution in [1.82, 2.24) is 15.1 Å². The maximum Gasteiger partial charge on any atom is 0.317 e. The summed E-state index contributed by atoms with van der Waals surface area (Å²) in [7, 11) is 0. The number of piperidine rings is 1. The molecule has 0 spiro atoms. The summed E-state index contributed by atoms with van der Waals surface area (Å²) < 4.78 is 0. The lowest BCUT2D eigenvalue weighted by molar-refractivity contribution is 0.0640. The van der Waals surface area contributed by atoms with E-state index in [2.05, 4.69) is 5.32 Å². The Labute approximate surface area is 142 Å². The third-order valence-corrected chi connectivity index (χ3v) is 5.00. The molecule has 2 aliphatic heterocycles. The van der Waals surface area contributed by atoms with E-state index < -0.39 is 0 Å². The van der Waals surface area contributed by atoms with Crippen LogP contribution in [-0.2, 0) is 6.42 Å². The van der Waals surface area contributed by atoms with Crippen LogP contribution in [0, 0.1) is 0 Å². The van der Waals surface area contributed by atoms with Crippen LogP contribution in [0.5, 0.6) is 5.75 Å². The van der Waals surface area contributed by atoms with Gasteiger partial charge in [-0.3, -0.25) is 4.79 Å². The summed E-state index contributed by atoms with van der Waals surface area (Å²) in [6.07, 6.45) is 3.37. The first-order chi connectivity index (χ1) is 11.6. The lowest BCUT2D eigenvalue weighted by atomic mass is 10.0. The van der Waals surface area contributed by atoms with Gasteiger partial charge < -0.3 is 20.2 Å². The third kappa shape index (κ3) is 3.32. The minimum Gasteiger partial charge on any atom is -0.507 e. The van der Waals surface area contributed by atoms with Crippen LogP contribution in [0.3, 0.4) is 0 Å². The Hall–Kier alpha value is -2.24. The van der Waals surface area contributed by atoms with Crippen LogP contribution in [-0.4, -0.2) is 59.1 Å². The number of carbonyl (C=O) groups is 2. The number of amides is 3. The molecule has 2 saturated heterocycles. The molecule has 2 fully saturated rings. The molecule has 2 N–H and O–H groups in total. The summed E-state index contributed by atoms with van der Waals surface area (Å²) in [5.41, 5.74) is 1.42. The number of aryl methyl sites for hydroxylation is 1. The van der Waals surface area contributed by atoms with Crippen molar-refractivity contribution in [1.29, 1.82) is 0 Å².